The van der Waals surface area contributed by atoms with Gasteiger partial charge in [0.15, 0.2) is 0 Å². The van der Waals surface area contributed by atoms with Crippen molar-refractivity contribution >= 4 is 11.9 Å². The van der Waals surface area contributed by atoms with Gasteiger partial charge in [-0.05, 0) is 103 Å². The molecule has 0 saturated carbocycles. The van der Waals surface area contributed by atoms with E-state index in [9.17, 15) is 19.8 Å². The molecule has 0 aliphatic heterocycles. The summed E-state index contributed by atoms with van der Waals surface area (Å²) in [5, 5.41) is 23.8. The maximum absolute atomic E-state index is 13.2. The van der Waals surface area contributed by atoms with Crippen LogP contribution in [0.1, 0.15) is 265 Å². The Morgan fingerprint density at radius 3 is 1.21 bits per heavy atom. The highest BCUT2D eigenvalue weighted by atomic mass is 16.5. The number of unbranched alkanes of at least 4 members (excludes halogenated alkanes) is 24. The Morgan fingerprint density at radius 2 is 0.776 bits per heavy atom. The molecule has 0 saturated heterocycles. The summed E-state index contributed by atoms with van der Waals surface area (Å²) in [6.07, 6.45) is 70.7. The van der Waals surface area contributed by atoms with Gasteiger partial charge in [-0.25, -0.2) is 0 Å². The molecule has 67 heavy (non-hydrogen) atoms. The zero-order chi connectivity index (χ0) is 48.8. The normalized spacial score (nSPS) is 13.8. The molecular formula is C61H107NO5. The maximum Gasteiger partial charge on any atom is 0.306 e. The average molecular weight is 935 g/mol. The summed E-state index contributed by atoms with van der Waals surface area (Å²) < 4.78 is 5.93. The molecule has 0 bridgehead atoms. The standard InChI is InChI=1S/C61H107NO5/c1-4-7-10-13-16-19-22-25-27-29-30-32-34-36-39-42-45-48-51-54-61(66)67-57(52-49-46-43-40-37-35-33-31-28-26-23-20-17-14-11-8-5-2)55-60(65)62-58(56-63)59(64)53-50-47-44-41-38-24-21-18-15-12-9-6-3/h16-17,19-20,25-28,30,32-33,35,40,43,57-59,63-64H,4-15,18,21-24,29,31,34,36-39,41-42,44-56H2,1-3H3,(H,62,65)/b19-16-,20-17-,27-25-,28-26-,32-30-,35-33-,43-40-. The summed E-state index contributed by atoms with van der Waals surface area (Å²) in [5.41, 5.74) is 0. The summed E-state index contributed by atoms with van der Waals surface area (Å²) in [5.74, 6) is -0.543. The zero-order valence-corrected chi connectivity index (χ0v) is 44.0. The van der Waals surface area contributed by atoms with Gasteiger partial charge in [0.05, 0.1) is 25.2 Å². The molecule has 0 spiro atoms. The Hall–Kier alpha value is -2.96. The van der Waals surface area contributed by atoms with Crippen LogP contribution in [0.15, 0.2) is 85.1 Å². The van der Waals surface area contributed by atoms with E-state index >= 15 is 0 Å². The van der Waals surface area contributed by atoms with Crippen LogP contribution in [-0.4, -0.2) is 46.9 Å². The molecule has 1 amide bonds. The highest BCUT2D eigenvalue weighted by molar-refractivity contribution is 5.77. The number of hydrogen-bond acceptors (Lipinski definition) is 5. The average Bonchev–Trinajstić information content (AvgIpc) is 3.32. The maximum atomic E-state index is 13.2. The quantitative estimate of drug-likeness (QED) is 0.0321. The van der Waals surface area contributed by atoms with E-state index in [0.717, 1.165) is 89.9 Å². The first-order valence-corrected chi connectivity index (χ1v) is 28.3. The Morgan fingerprint density at radius 1 is 0.433 bits per heavy atom. The molecule has 3 atom stereocenters. The van der Waals surface area contributed by atoms with Crippen molar-refractivity contribution < 1.29 is 24.5 Å². The van der Waals surface area contributed by atoms with Crippen molar-refractivity contribution in [3.05, 3.63) is 85.1 Å². The van der Waals surface area contributed by atoms with Gasteiger partial charge in [-0.2, -0.15) is 0 Å². The molecule has 0 aromatic carbocycles. The van der Waals surface area contributed by atoms with Crippen molar-refractivity contribution in [3.63, 3.8) is 0 Å². The number of hydrogen-bond donors (Lipinski definition) is 3. The number of amides is 1. The fourth-order valence-electron chi connectivity index (χ4n) is 8.13. The van der Waals surface area contributed by atoms with E-state index < -0.39 is 18.2 Å². The predicted molar refractivity (Wildman–Crippen MR) is 291 cm³/mol. The fourth-order valence-corrected chi connectivity index (χ4v) is 8.13. The second kappa shape index (κ2) is 54.0. The smallest absolute Gasteiger partial charge is 0.306 e. The van der Waals surface area contributed by atoms with Crippen LogP contribution < -0.4 is 5.32 Å². The first-order chi connectivity index (χ1) is 33.0. The van der Waals surface area contributed by atoms with Crippen molar-refractivity contribution in [3.8, 4) is 0 Å². The van der Waals surface area contributed by atoms with Gasteiger partial charge in [-0.1, -0.05) is 234 Å². The number of esters is 1. The van der Waals surface area contributed by atoms with E-state index in [1.165, 1.54) is 128 Å². The fraction of sp³-hybridized carbons (Fsp3) is 0.738. The first-order valence-electron chi connectivity index (χ1n) is 28.3. The molecular weight excluding hydrogens is 827 g/mol. The lowest BCUT2D eigenvalue weighted by molar-refractivity contribution is -0.151. The lowest BCUT2D eigenvalue weighted by atomic mass is 10.0. The number of allylic oxidation sites excluding steroid dienone is 14. The van der Waals surface area contributed by atoms with Crippen LogP contribution in [0.5, 0.6) is 0 Å². The molecule has 0 aliphatic rings. The molecule has 6 nitrogen and oxygen atoms in total. The van der Waals surface area contributed by atoms with E-state index in [4.69, 9.17) is 4.74 Å². The van der Waals surface area contributed by atoms with Crippen LogP contribution in [0.2, 0.25) is 0 Å². The SMILES string of the molecule is CCCCC/C=C\C/C=C\C/C=C\C/C=C\CCCC(CC(=O)NC(CO)C(O)CCCCCCCCCCCCCC)OC(=O)CCCCCCCC/C=C\C/C=C\C/C=C\CCCCC. The van der Waals surface area contributed by atoms with Crippen molar-refractivity contribution in [1.29, 1.82) is 0 Å². The monoisotopic (exact) mass is 934 g/mol. The van der Waals surface area contributed by atoms with Crippen LogP contribution in [0, 0.1) is 0 Å². The molecule has 0 heterocycles. The lowest BCUT2D eigenvalue weighted by Crippen LogP contribution is -2.46. The van der Waals surface area contributed by atoms with Crippen LogP contribution in [-0.2, 0) is 14.3 Å². The van der Waals surface area contributed by atoms with E-state index in [2.05, 4.69) is 111 Å². The van der Waals surface area contributed by atoms with Gasteiger partial charge >= 0.3 is 5.97 Å². The van der Waals surface area contributed by atoms with Crippen LogP contribution in [0.25, 0.3) is 0 Å². The molecule has 3 N–H and O–H groups in total. The number of rotatable bonds is 50. The molecule has 6 heteroatoms. The van der Waals surface area contributed by atoms with Gasteiger partial charge in [-0.15, -0.1) is 0 Å². The van der Waals surface area contributed by atoms with Crippen molar-refractivity contribution in [1.82, 2.24) is 5.32 Å². The number of carbonyl (C=O) groups excluding carboxylic acids is 2. The van der Waals surface area contributed by atoms with Crippen LogP contribution in [0.4, 0.5) is 0 Å². The Labute approximate surface area is 414 Å². The van der Waals surface area contributed by atoms with Gasteiger partial charge < -0.3 is 20.3 Å². The molecule has 0 aromatic rings. The zero-order valence-electron chi connectivity index (χ0n) is 44.0. The summed E-state index contributed by atoms with van der Waals surface area (Å²) >= 11 is 0. The van der Waals surface area contributed by atoms with E-state index in [1.54, 1.807) is 0 Å². The van der Waals surface area contributed by atoms with E-state index in [1.807, 2.05) is 0 Å². The third-order valence-electron chi connectivity index (χ3n) is 12.4. The third-order valence-corrected chi connectivity index (χ3v) is 12.4. The molecule has 3 unspecified atom stereocenters. The van der Waals surface area contributed by atoms with Gasteiger partial charge in [-0.3, -0.25) is 9.59 Å². The van der Waals surface area contributed by atoms with Gasteiger partial charge in [0.2, 0.25) is 5.91 Å². The van der Waals surface area contributed by atoms with Crippen molar-refractivity contribution in [2.24, 2.45) is 0 Å². The minimum atomic E-state index is -0.808. The Kier molecular flexibility index (Phi) is 51.6. The molecule has 0 aromatic heterocycles. The van der Waals surface area contributed by atoms with Crippen molar-refractivity contribution in [2.75, 3.05) is 6.61 Å². The minimum absolute atomic E-state index is 0.0312. The van der Waals surface area contributed by atoms with E-state index in [0.29, 0.717) is 19.3 Å². The van der Waals surface area contributed by atoms with Crippen molar-refractivity contribution in [2.45, 2.75) is 283 Å². The molecule has 0 fully saturated rings. The van der Waals surface area contributed by atoms with Gasteiger partial charge in [0.1, 0.15) is 6.10 Å². The first kappa shape index (κ1) is 64.0. The summed E-state index contributed by atoms with van der Waals surface area (Å²) in [6.45, 7) is 6.41. The summed E-state index contributed by atoms with van der Waals surface area (Å²) in [4.78, 5) is 26.2. The molecule has 0 aliphatic carbocycles. The van der Waals surface area contributed by atoms with Gasteiger partial charge in [0.25, 0.3) is 0 Å². The molecule has 0 radical (unpaired) electrons. The Balaban J connectivity index is 4.70. The Bertz CT molecular complexity index is 1280. The highest BCUT2D eigenvalue weighted by Crippen LogP contribution is 2.17. The second-order valence-corrected chi connectivity index (χ2v) is 19.0. The minimum Gasteiger partial charge on any atom is -0.462 e. The highest BCUT2D eigenvalue weighted by Gasteiger charge is 2.24. The predicted octanol–water partition coefficient (Wildman–Crippen LogP) is 17.5. The lowest BCUT2D eigenvalue weighted by Gasteiger charge is -2.24. The topological polar surface area (TPSA) is 95.9 Å². The second-order valence-electron chi connectivity index (χ2n) is 19.0. The summed E-state index contributed by atoms with van der Waals surface area (Å²) in [7, 11) is 0. The number of carbonyl (C=O) groups is 2. The number of aliphatic hydroxyl groups is 2. The molecule has 386 valence electrons. The number of ether oxygens (including phenoxy) is 1. The number of aliphatic hydroxyl groups excluding tert-OH is 2. The molecule has 0 rings (SSSR count). The summed E-state index contributed by atoms with van der Waals surface area (Å²) in [6, 6.07) is -0.726. The van der Waals surface area contributed by atoms with Crippen LogP contribution >= 0.6 is 0 Å². The largest absolute Gasteiger partial charge is 0.462 e. The van der Waals surface area contributed by atoms with Gasteiger partial charge in [0, 0.05) is 6.42 Å². The van der Waals surface area contributed by atoms with E-state index in [-0.39, 0.29) is 24.9 Å². The number of nitrogens with one attached hydrogen (secondary N) is 1. The van der Waals surface area contributed by atoms with Crippen LogP contribution in [0.3, 0.4) is 0 Å². The third kappa shape index (κ3) is 49.3.